The first-order chi connectivity index (χ1) is 10.4. The van der Waals surface area contributed by atoms with Crippen molar-refractivity contribution in [2.45, 2.75) is 96.5 Å². The van der Waals surface area contributed by atoms with Crippen LogP contribution in [0.4, 0.5) is 4.79 Å². The van der Waals surface area contributed by atoms with Gasteiger partial charge in [-0.1, -0.05) is 6.92 Å². The van der Waals surface area contributed by atoms with Gasteiger partial charge in [0.05, 0.1) is 24.6 Å². The molecule has 0 N–H and O–H groups in total. The molecule has 0 spiro atoms. The molecule has 2 aliphatic heterocycles. The summed E-state index contributed by atoms with van der Waals surface area (Å²) in [5, 5.41) is 9.26. The van der Waals surface area contributed by atoms with E-state index in [-0.39, 0.29) is 24.6 Å². The number of amides is 1. The Bertz CT molecular complexity index is 520. The van der Waals surface area contributed by atoms with E-state index in [0.29, 0.717) is 6.42 Å². The van der Waals surface area contributed by atoms with Crippen molar-refractivity contribution in [3.8, 4) is 6.07 Å². The van der Waals surface area contributed by atoms with E-state index in [1.807, 2.05) is 48.5 Å². The first-order valence-corrected chi connectivity index (χ1v) is 8.21. The maximum Gasteiger partial charge on any atom is 0.411 e. The maximum absolute atomic E-state index is 12.7. The van der Waals surface area contributed by atoms with Gasteiger partial charge in [-0.15, -0.1) is 0 Å². The summed E-state index contributed by atoms with van der Waals surface area (Å²) in [6, 6.07) is 1.62. The Kier molecular flexibility index (Phi) is 4.42. The van der Waals surface area contributed by atoms with Crippen molar-refractivity contribution < 1.29 is 19.0 Å². The largest absolute Gasteiger partial charge is 0.444 e. The highest BCUT2D eigenvalue weighted by molar-refractivity contribution is 5.70. The number of hydrogen-bond acceptors (Lipinski definition) is 5. The summed E-state index contributed by atoms with van der Waals surface area (Å²) in [5.41, 5.74) is -1.30. The average molecular weight is 324 g/mol. The SMILES string of the molecule is CC[C@@H]1[C@H]2OC(C)(C)O[C@@]2(C)[C@H](CC#N)N1C(=O)OC(C)(C)C. The second-order valence-electron chi connectivity index (χ2n) is 7.97. The molecule has 0 saturated carbocycles. The number of nitrogens with zero attached hydrogens (tertiary/aromatic N) is 2. The Morgan fingerprint density at radius 1 is 1.35 bits per heavy atom. The van der Waals surface area contributed by atoms with Crippen molar-refractivity contribution in [1.82, 2.24) is 4.90 Å². The maximum atomic E-state index is 12.7. The van der Waals surface area contributed by atoms with Crippen molar-refractivity contribution in [3.05, 3.63) is 0 Å². The Labute approximate surface area is 138 Å². The van der Waals surface area contributed by atoms with Crippen LogP contribution < -0.4 is 0 Å². The van der Waals surface area contributed by atoms with Crippen molar-refractivity contribution >= 4 is 6.09 Å². The van der Waals surface area contributed by atoms with Crippen LogP contribution in [0, 0.1) is 11.3 Å². The molecule has 0 radical (unpaired) electrons. The third kappa shape index (κ3) is 3.17. The van der Waals surface area contributed by atoms with Crippen LogP contribution >= 0.6 is 0 Å². The van der Waals surface area contributed by atoms with Crippen molar-refractivity contribution in [1.29, 1.82) is 5.26 Å². The molecule has 2 fully saturated rings. The van der Waals surface area contributed by atoms with Gasteiger partial charge < -0.3 is 14.2 Å². The van der Waals surface area contributed by atoms with E-state index >= 15 is 0 Å². The van der Waals surface area contributed by atoms with Gasteiger partial charge in [0, 0.05) is 0 Å². The topological polar surface area (TPSA) is 71.8 Å². The summed E-state index contributed by atoms with van der Waals surface area (Å²) in [7, 11) is 0. The van der Waals surface area contributed by atoms with E-state index in [2.05, 4.69) is 6.07 Å². The zero-order valence-electron chi connectivity index (χ0n) is 15.2. The highest BCUT2D eigenvalue weighted by Gasteiger charge is 2.66. The molecule has 0 aromatic carbocycles. The van der Waals surface area contributed by atoms with Gasteiger partial charge >= 0.3 is 6.09 Å². The lowest BCUT2D eigenvalue weighted by atomic mass is 9.90. The zero-order valence-corrected chi connectivity index (χ0v) is 15.2. The predicted molar refractivity (Wildman–Crippen MR) is 84.6 cm³/mol. The number of nitriles is 1. The molecule has 0 aliphatic carbocycles. The number of rotatable bonds is 2. The van der Waals surface area contributed by atoms with E-state index in [9.17, 15) is 10.1 Å². The van der Waals surface area contributed by atoms with Crippen molar-refractivity contribution in [2.24, 2.45) is 0 Å². The molecular formula is C17H28N2O4. The summed E-state index contributed by atoms with van der Waals surface area (Å²) >= 11 is 0. The zero-order chi connectivity index (χ0) is 17.6. The first kappa shape index (κ1) is 18.0. The second-order valence-corrected chi connectivity index (χ2v) is 7.97. The molecule has 0 unspecified atom stereocenters. The normalized spacial score (nSPS) is 35.7. The average Bonchev–Trinajstić information content (AvgIpc) is 2.73. The third-order valence-electron chi connectivity index (χ3n) is 4.45. The fourth-order valence-corrected chi connectivity index (χ4v) is 3.78. The van der Waals surface area contributed by atoms with Crippen molar-refractivity contribution in [3.63, 3.8) is 0 Å². The molecule has 23 heavy (non-hydrogen) atoms. The lowest BCUT2D eigenvalue weighted by molar-refractivity contribution is -0.181. The summed E-state index contributed by atoms with van der Waals surface area (Å²) < 4.78 is 17.8. The van der Waals surface area contributed by atoms with Gasteiger partial charge in [-0.05, 0) is 48.0 Å². The summed E-state index contributed by atoms with van der Waals surface area (Å²) in [6.45, 7) is 13.2. The molecule has 4 atom stereocenters. The fourth-order valence-electron chi connectivity index (χ4n) is 3.78. The Morgan fingerprint density at radius 2 is 1.96 bits per heavy atom. The van der Waals surface area contributed by atoms with Gasteiger partial charge in [-0.3, -0.25) is 4.90 Å². The molecule has 2 rings (SSSR count). The number of carbonyl (C=O) groups is 1. The Hall–Kier alpha value is -1.32. The molecular weight excluding hydrogens is 296 g/mol. The number of carbonyl (C=O) groups excluding carboxylic acids is 1. The molecule has 0 aromatic rings. The van der Waals surface area contributed by atoms with Crippen LogP contribution in [0.1, 0.15) is 61.3 Å². The minimum Gasteiger partial charge on any atom is -0.444 e. The molecule has 2 heterocycles. The highest BCUT2D eigenvalue weighted by Crippen LogP contribution is 2.49. The number of ether oxygens (including phenoxy) is 3. The molecule has 0 bridgehead atoms. The molecule has 130 valence electrons. The standard InChI is InChI=1S/C17H28N2O4/c1-8-11-13-17(7,23-16(5,6)21-13)12(9-10-18)19(11)14(20)22-15(2,3)4/h11-13H,8-9H2,1-7H3/t11-,12+,13-,17+/m1/s1. The van der Waals surface area contributed by atoms with Crippen LogP contribution in [0.3, 0.4) is 0 Å². The quantitative estimate of drug-likeness (QED) is 0.780. The lowest BCUT2D eigenvalue weighted by Crippen LogP contribution is -2.50. The molecule has 2 saturated heterocycles. The van der Waals surface area contributed by atoms with E-state index in [1.165, 1.54) is 0 Å². The number of fused-ring (bicyclic) bond motifs is 1. The minimum atomic E-state index is -0.722. The second kappa shape index (κ2) is 5.64. The highest BCUT2D eigenvalue weighted by atomic mass is 16.8. The van der Waals surface area contributed by atoms with Crippen LogP contribution in [0.15, 0.2) is 0 Å². The van der Waals surface area contributed by atoms with E-state index in [4.69, 9.17) is 14.2 Å². The predicted octanol–water partition coefficient (Wildman–Crippen LogP) is 3.21. The van der Waals surface area contributed by atoms with E-state index < -0.39 is 23.1 Å². The summed E-state index contributed by atoms with van der Waals surface area (Å²) in [4.78, 5) is 14.4. The van der Waals surface area contributed by atoms with Crippen LogP contribution in [-0.4, -0.2) is 46.2 Å². The molecule has 2 aliphatic rings. The molecule has 6 heteroatoms. The monoisotopic (exact) mass is 324 g/mol. The van der Waals surface area contributed by atoms with E-state index in [1.54, 1.807) is 4.90 Å². The van der Waals surface area contributed by atoms with E-state index in [0.717, 1.165) is 0 Å². The third-order valence-corrected chi connectivity index (χ3v) is 4.45. The summed E-state index contributed by atoms with van der Waals surface area (Å²) in [5.74, 6) is -0.722. The van der Waals surface area contributed by atoms with Crippen LogP contribution in [0.25, 0.3) is 0 Å². The smallest absolute Gasteiger partial charge is 0.411 e. The molecule has 6 nitrogen and oxygen atoms in total. The van der Waals surface area contributed by atoms with Gasteiger partial charge in [-0.25, -0.2) is 4.79 Å². The van der Waals surface area contributed by atoms with Gasteiger partial charge in [0.1, 0.15) is 17.3 Å². The summed E-state index contributed by atoms with van der Waals surface area (Å²) in [6.07, 6.45) is 0.210. The Balaban J connectivity index is 2.39. The molecule has 0 aromatic heterocycles. The van der Waals surface area contributed by atoms with Crippen LogP contribution in [0.2, 0.25) is 0 Å². The first-order valence-electron chi connectivity index (χ1n) is 8.21. The van der Waals surface area contributed by atoms with Crippen LogP contribution in [-0.2, 0) is 14.2 Å². The van der Waals surface area contributed by atoms with Crippen molar-refractivity contribution in [2.75, 3.05) is 0 Å². The van der Waals surface area contributed by atoms with Crippen LogP contribution in [0.5, 0.6) is 0 Å². The minimum absolute atomic E-state index is 0.171. The Morgan fingerprint density at radius 3 is 2.43 bits per heavy atom. The lowest BCUT2D eigenvalue weighted by Gasteiger charge is -2.36. The van der Waals surface area contributed by atoms with Gasteiger partial charge in [0.2, 0.25) is 0 Å². The molecule has 1 amide bonds. The van der Waals surface area contributed by atoms with Gasteiger partial charge in [0.25, 0.3) is 0 Å². The number of likely N-dealkylation sites (tertiary alicyclic amines) is 1. The van der Waals surface area contributed by atoms with Gasteiger partial charge in [0.15, 0.2) is 5.79 Å². The number of hydrogen-bond donors (Lipinski definition) is 0. The van der Waals surface area contributed by atoms with Gasteiger partial charge in [-0.2, -0.15) is 5.26 Å². The fraction of sp³-hybridized carbons (Fsp3) is 0.882.